The Morgan fingerprint density at radius 3 is 2.07 bits per heavy atom. The fourth-order valence-corrected chi connectivity index (χ4v) is 1.34. The van der Waals surface area contributed by atoms with Gasteiger partial charge in [0.2, 0.25) is 0 Å². The molecule has 1 N–H and O–H groups in total. The van der Waals surface area contributed by atoms with Crippen molar-refractivity contribution in [2.24, 2.45) is 0 Å². The van der Waals surface area contributed by atoms with Gasteiger partial charge in [0.15, 0.2) is 5.60 Å². The summed E-state index contributed by atoms with van der Waals surface area (Å²) in [5.41, 5.74) is -2.86. The average Bonchev–Trinajstić information content (AvgIpc) is 2.12. The summed E-state index contributed by atoms with van der Waals surface area (Å²) in [6.07, 6.45) is -6.85. The lowest BCUT2D eigenvalue weighted by Crippen LogP contribution is -2.47. The molecule has 0 aliphatic heterocycles. The fourth-order valence-electron chi connectivity index (χ4n) is 1.34. The second-order valence-corrected chi connectivity index (χ2v) is 3.84. The van der Waals surface area contributed by atoms with Gasteiger partial charge in [-0.3, -0.25) is 0 Å². The zero-order chi connectivity index (χ0) is 12.1. The Bertz CT molecular complexity index is 181. The molecule has 0 bridgehead atoms. The van der Waals surface area contributed by atoms with Crippen LogP contribution in [-0.2, 0) is 0 Å². The van der Waals surface area contributed by atoms with Crippen molar-refractivity contribution in [2.45, 2.75) is 63.9 Å². The zero-order valence-electron chi connectivity index (χ0n) is 9.07. The summed E-state index contributed by atoms with van der Waals surface area (Å²) >= 11 is 0. The molecule has 5 heteroatoms. The van der Waals surface area contributed by atoms with E-state index in [-0.39, 0.29) is 12.8 Å². The first kappa shape index (κ1) is 14.7. The van der Waals surface area contributed by atoms with Gasteiger partial charge in [-0.15, -0.1) is 0 Å². The highest BCUT2D eigenvalue weighted by atomic mass is 19.4. The molecule has 0 heterocycles. The highest BCUT2D eigenvalue weighted by Gasteiger charge is 2.53. The molecule has 0 aliphatic carbocycles. The van der Waals surface area contributed by atoms with Crippen molar-refractivity contribution in [3.63, 3.8) is 0 Å². The van der Waals surface area contributed by atoms with Gasteiger partial charge in [0.05, 0.1) is 0 Å². The third-order valence-corrected chi connectivity index (χ3v) is 2.47. The molecule has 0 aromatic rings. The predicted octanol–water partition coefficient (Wildman–Crippen LogP) is 3.61. The molecule has 0 fully saturated rings. The van der Waals surface area contributed by atoms with Gasteiger partial charge in [-0.25, -0.2) is 4.39 Å². The number of alkyl halides is 4. The van der Waals surface area contributed by atoms with Gasteiger partial charge in [0, 0.05) is 6.42 Å². The van der Waals surface area contributed by atoms with Crippen LogP contribution in [0.25, 0.3) is 0 Å². The van der Waals surface area contributed by atoms with Gasteiger partial charge in [-0.2, -0.15) is 13.2 Å². The van der Waals surface area contributed by atoms with Crippen LogP contribution in [0.15, 0.2) is 0 Å². The normalized spacial score (nSPS) is 18.6. The van der Waals surface area contributed by atoms with E-state index < -0.39 is 30.8 Å². The van der Waals surface area contributed by atoms with Crippen molar-refractivity contribution in [1.29, 1.82) is 0 Å². The van der Waals surface area contributed by atoms with Crippen molar-refractivity contribution >= 4 is 0 Å². The van der Waals surface area contributed by atoms with Crippen LogP contribution in [0.3, 0.4) is 0 Å². The van der Waals surface area contributed by atoms with Gasteiger partial charge in [0.1, 0.15) is 6.17 Å². The molecule has 0 spiro atoms. The largest absolute Gasteiger partial charge is 0.417 e. The summed E-state index contributed by atoms with van der Waals surface area (Å²) in [5, 5.41) is 9.42. The minimum atomic E-state index is -4.75. The molecule has 0 rings (SSSR count). The second kappa shape index (κ2) is 5.68. The van der Waals surface area contributed by atoms with Crippen LogP contribution in [0.5, 0.6) is 0 Å². The smallest absolute Gasteiger partial charge is 0.380 e. The van der Waals surface area contributed by atoms with Gasteiger partial charge in [-0.05, 0) is 12.8 Å². The Labute approximate surface area is 87.5 Å². The Morgan fingerprint density at radius 1 is 1.20 bits per heavy atom. The maximum Gasteiger partial charge on any atom is 0.417 e. The third-order valence-electron chi connectivity index (χ3n) is 2.47. The van der Waals surface area contributed by atoms with E-state index in [9.17, 15) is 22.7 Å². The summed E-state index contributed by atoms with van der Waals surface area (Å²) in [5.74, 6) is 0. The molecular formula is C10H18F4O. The van der Waals surface area contributed by atoms with Crippen molar-refractivity contribution < 1.29 is 22.7 Å². The lowest BCUT2D eigenvalue weighted by molar-refractivity contribution is -0.269. The van der Waals surface area contributed by atoms with E-state index in [1.807, 2.05) is 0 Å². The lowest BCUT2D eigenvalue weighted by atomic mass is 9.89. The Balaban J connectivity index is 4.55. The van der Waals surface area contributed by atoms with E-state index in [1.54, 1.807) is 6.92 Å². The van der Waals surface area contributed by atoms with Crippen LogP contribution >= 0.6 is 0 Å². The van der Waals surface area contributed by atoms with Crippen LogP contribution in [0.2, 0.25) is 0 Å². The van der Waals surface area contributed by atoms with Crippen LogP contribution < -0.4 is 0 Å². The standard InChI is InChI=1S/C10H18F4O/c1-3-5-6-9(15,10(12,13)14)7-8(11)4-2/h8,15H,3-7H2,1-2H3. The fraction of sp³-hybridized carbons (Fsp3) is 1.00. The van der Waals surface area contributed by atoms with E-state index in [0.29, 0.717) is 6.42 Å². The van der Waals surface area contributed by atoms with Gasteiger partial charge >= 0.3 is 6.18 Å². The number of hydrogen-bond donors (Lipinski definition) is 1. The molecule has 0 aromatic carbocycles. The summed E-state index contributed by atoms with van der Waals surface area (Å²) in [4.78, 5) is 0. The molecular weight excluding hydrogens is 212 g/mol. The lowest BCUT2D eigenvalue weighted by Gasteiger charge is -2.31. The second-order valence-electron chi connectivity index (χ2n) is 3.84. The van der Waals surface area contributed by atoms with Crippen molar-refractivity contribution in [3.8, 4) is 0 Å². The zero-order valence-corrected chi connectivity index (χ0v) is 9.07. The van der Waals surface area contributed by atoms with Crippen LogP contribution in [-0.4, -0.2) is 23.1 Å². The molecule has 0 aromatic heterocycles. The molecule has 2 unspecified atom stereocenters. The average molecular weight is 230 g/mol. The van der Waals surface area contributed by atoms with Gasteiger partial charge in [0.25, 0.3) is 0 Å². The number of halogens is 4. The molecule has 92 valence electrons. The van der Waals surface area contributed by atoms with E-state index in [0.717, 1.165) is 0 Å². The van der Waals surface area contributed by atoms with Crippen LogP contribution in [0, 0.1) is 0 Å². The first-order valence-electron chi connectivity index (χ1n) is 5.20. The Morgan fingerprint density at radius 2 is 1.73 bits per heavy atom. The van der Waals surface area contributed by atoms with Crippen LogP contribution in [0.1, 0.15) is 46.0 Å². The molecule has 15 heavy (non-hydrogen) atoms. The molecule has 0 radical (unpaired) electrons. The summed E-state index contributed by atoms with van der Waals surface area (Å²) in [6, 6.07) is 0. The maximum absolute atomic E-state index is 12.9. The summed E-state index contributed by atoms with van der Waals surface area (Å²) < 4.78 is 50.4. The summed E-state index contributed by atoms with van der Waals surface area (Å²) in [6.45, 7) is 3.19. The van der Waals surface area contributed by atoms with Crippen molar-refractivity contribution in [3.05, 3.63) is 0 Å². The van der Waals surface area contributed by atoms with Gasteiger partial charge in [-0.1, -0.05) is 26.7 Å². The monoisotopic (exact) mass is 230 g/mol. The minimum absolute atomic E-state index is 0.00941. The van der Waals surface area contributed by atoms with E-state index in [2.05, 4.69) is 0 Å². The Kier molecular flexibility index (Phi) is 5.56. The topological polar surface area (TPSA) is 20.2 Å². The first-order valence-corrected chi connectivity index (χ1v) is 5.20. The third kappa shape index (κ3) is 4.36. The molecule has 0 amide bonds. The van der Waals surface area contributed by atoms with Gasteiger partial charge < -0.3 is 5.11 Å². The van der Waals surface area contributed by atoms with Crippen molar-refractivity contribution in [1.82, 2.24) is 0 Å². The quantitative estimate of drug-likeness (QED) is 0.691. The highest BCUT2D eigenvalue weighted by Crippen LogP contribution is 2.38. The molecule has 0 saturated carbocycles. The van der Waals surface area contributed by atoms with E-state index in [1.165, 1.54) is 6.92 Å². The highest BCUT2D eigenvalue weighted by molar-refractivity contribution is 4.88. The number of aliphatic hydroxyl groups is 1. The number of hydrogen-bond acceptors (Lipinski definition) is 1. The van der Waals surface area contributed by atoms with Crippen LogP contribution in [0.4, 0.5) is 17.6 Å². The SMILES string of the molecule is CCCCC(O)(CC(F)CC)C(F)(F)F. The minimum Gasteiger partial charge on any atom is -0.380 e. The number of unbranched alkanes of at least 4 members (excludes halogenated alkanes) is 1. The predicted molar refractivity (Wildman–Crippen MR) is 50.3 cm³/mol. The van der Waals surface area contributed by atoms with Crippen molar-refractivity contribution in [2.75, 3.05) is 0 Å². The Hall–Kier alpha value is -0.320. The molecule has 1 nitrogen and oxygen atoms in total. The first-order chi connectivity index (χ1) is 6.77. The van der Waals surface area contributed by atoms with E-state index >= 15 is 0 Å². The number of rotatable bonds is 6. The summed E-state index contributed by atoms with van der Waals surface area (Å²) in [7, 11) is 0. The molecule has 0 aliphatic rings. The maximum atomic E-state index is 12.9. The molecule has 0 saturated heterocycles. The van der Waals surface area contributed by atoms with E-state index in [4.69, 9.17) is 0 Å². The molecule has 2 atom stereocenters.